The van der Waals surface area contributed by atoms with Gasteiger partial charge in [-0.2, -0.15) is 0 Å². The quantitative estimate of drug-likeness (QED) is 0.0570. The summed E-state index contributed by atoms with van der Waals surface area (Å²) < 4.78 is 44.7. The van der Waals surface area contributed by atoms with Gasteiger partial charge in [-0.3, -0.25) is 28.1 Å². The van der Waals surface area contributed by atoms with Crippen LogP contribution in [0.5, 0.6) is 0 Å². The Morgan fingerprint density at radius 1 is 0.809 bits per heavy atom. The summed E-state index contributed by atoms with van der Waals surface area (Å²) in [5.74, 6) is -2.48. The topological polar surface area (TPSA) is 151 Å². The molecule has 0 radical (unpaired) electrons. The lowest BCUT2D eigenvalue weighted by atomic mass is 9.85. The van der Waals surface area contributed by atoms with Crippen molar-refractivity contribution in [1.29, 1.82) is 0 Å². The zero-order valence-corrected chi connectivity index (χ0v) is 30.0. The van der Waals surface area contributed by atoms with Crippen molar-refractivity contribution in [1.82, 2.24) is 15.5 Å². The first-order valence-electron chi connectivity index (χ1n) is 16.4. The van der Waals surface area contributed by atoms with Crippen LogP contribution in [0.25, 0.3) is 0 Å². The van der Waals surface area contributed by atoms with Gasteiger partial charge in [0.1, 0.15) is 6.29 Å². The molecule has 0 bridgehead atoms. The van der Waals surface area contributed by atoms with E-state index in [9.17, 15) is 18.9 Å². The zero-order valence-electron chi connectivity index (χ0n) is 28.2. The van der Waals surface area contributed by atoms with E-state index in [1.54, 1.807) is 19.9 Å². The number of aldehydes is 1. The van der Waals surface area contributed by atoms with E-state index in [1.165, 1.54) is 0 Å². The first kappa shape index (κ1) is 41.1. The maximum atomic E-state index is 13.7. The summed E-state index contributed by atoms with van der Waals surface area (Å²) in [6.45, 7) is 14.0. The lowest BCUT2D eigenvalue weighted by Crippen LogP contribution is -2.46. The number of amides is 2. The predicted octanol–water partition coefficient (Wildman–Crippen LogP) is 5.16. The summed E-state index contributed by atoms with van der Waals surface area (Å²) >= 11 is 0. The van der Waals surface area contributed by atoms with E-state index in [1.807, 2.05) is 49.1 Å². The molecule has 1 saturated heterocycles. The molecule has 1 aromatic rings. The molecule has 0 saturated carbocycles. The third kappa shape index (κ3) is 13.8. The molecular weight excluding hydrogens is 648 g/mol. The van der Waals surface area contributed by atoms with Crippen LogP contribution in [0.2, 0.25) is 0 Å². The highest BCUT2D eigenvalue weighted by Crippen LogP contribution is 2.49. The minimum atomic E-state index is -3.61. The van der Waals surface area contributed by atoms with Crippen LogP contribution in [0.1, 0.15) is 58.9 Å². The molecule has 1 heterocycles. The van der Waals surface area contributed by atoms with Crippen LogP contribution in [0.4, 0.5) is 0 Å². The minimum absolute atomic E-state index is 0.124. The van der Waals surface area contributed by atoms with Gasteiger partial charge in [0.15, 0.2) is 0 Å². The van der Waals surface area contributed by atoms with Crippen LogP contribution >= 0.6 is 16.4 Å². The van der Waals surface area contributed by atoms with Crippen LogP contribution in [-0.4, -0.2) is 87.8 Å². The third-order valence-corrected chi connectivity index (χ3v) is 10.3. The molecule has 1 fully saturated rings. The fraction of sp³-hybridized carbons (Fsp3) is 0.656. The summed E-state index contributed by atoms with van der Waals surface area (Å²) in [7, 11) is -5.00. The fourth-order valence-corrected chi connectivity index (χ4v) is 7.43. The van der Waals surface area contributed by atoms with Gasteiger partial charge in [0, 0.05) is 25.7 Å². The van der Waals surface area contributed by atoms with Gasteiger partial charge in [-0.05, 0) is 58.9 Å². The Balaban J connectivity index is 2.05. The maximum absolute atomic E-state index is 13.7. The van der Waals surface area contributed by atoms with Crippen molar-refractivity contribution in [2.45, 2.75) is 72.0 Å². The number of hydrogen-bond acceptors (Lipinski definition) is 11. The number of nitrogens with one attached hydrogen (secondary N) is 2. The van der Waals surface area contributed by atoms with E-state index in [2.05, 4.69) is 17.2 Å². The third-order valence-electron chi connectivity index (χ3n) is 7.31. The highest BCUT2D eigenvalue weighted by atomic mass is 31.2. The molecule has 4 atom stereocenters. The number of unbranched alkanes of at least 4 members (excludes halogenated alkanes) is 2. The van der Waals surface area contributed by atoms with Crippen LogP contribution in [0, 0.1) is 11.8 Å². The number of phosphoric acid groups is 1. The standard InChI is InChI=1S/C32H53N3O10P2/c1-6-27-29(31(37)33-21-15-17-23-45-47(39,43-9-4)44-10-5)30(28(25-36)35(27)24-26-18-12-11-13-19-26)32(38)34-20-14-16-22-42-46(40-7-2)41-8-3/h6,11-13,18-19,25,27-30H,1,7-10,14-17,20-24H2,2-5H3,(H,33,37)(H,34,38). The predicted molar refractivity (Wildman–Crippen MR) is 180 cm³/mol. The van der Waals surface area contributed by atoms with Gasteiger partial charge in [-0.15, -0.1) is 6.58 Å². The highest BCUT2D eigenvalue weighted by Gasteiger charge is 2.53. The number of hydrogen-bond donors (Lipinski definition) is 2. The van der Waals surface area contributed by atoms with Crippen LogP contribution in [0.3, 0.4) is 0 Å². The number of carbonyl (C=O) groups excluding carboxylic acids is 3. The molecule has 0 aromatic heterocycles. The second-order valence-electron chi connectivity index (χ2n) is 10.6. The van der Waals surface area contributed by atoms with Crippen molar-refractivity contribution >= 4 is 34.5 Å². The smallest absolute Gasteiger partial charge is 0.356 e. The molecule has 1 aliphatic rings. The first-order valence-corrected chi connectivity index (χ1v) is 19.0. The molecule has 0 aliphatic carbocycles. The number of carbonyl (C=O) groups is 3. The van der Waals surface area contributed by atoms with E-state index >= 15 is 0 Å². The van der Waals surface area contributed by atoms with E-state index < -0.39 is 40.3 Å². The highest BCUT2D eigenvalue weighted by molar-refractivity contribution is 7.48. The molecule has 2 rings (SSSR count). The van der Waals surface area contributed by atoms with E-state index in [4.69, 9.17) is 27.1 Å². The number of rotatable bonds is 26. The molecule has 2 amide bonds. The number of nitrogens with zero attached hydrogens (tertiary/aromatic N) is 1. The number of benzene rings is 1. The lowest BCUT2D eigenvalue weighted by Gasteiger charge is -2.27. The second kappa shape index (κ2) is 23.3. The Bertz CT molecular complexity index is 1100. The van der Waals surface area contributed by atoms with Crippen molar-refractivity contribution in [2.24, 2.45) is 11.8 Å². The van der Waals surface area contributed by atoms with Crippen molar-refractivity contribution in [3.63, 3.8) is 0 Å². The van der Waals surface area contributed by atoms with E-state index in [-0.39, 0.29) is 31.6 Å². The van der Waals surface area contributed by atoms with Crippen molar-refractivity contribution in [3.8, 4) is 0 Å². The molecule has 13 nitrogen and oxygen atoms in total. The van der Waals surface area contributed by atoms with Gasteiger partial charge in [0.25, 0.3) is 0 Å². The van der Waals surface area contributed by atoms with E-state index in [0.29, 0.717) is 65.1 Å². The Hall–Kier alpha value is -2.05. The fourth-order valence-electron chi connectivity index (χ4n) is 5.30. The molecule has 47 heavy (non-hydrogen) atoms. The Morgan fingerprint density at radius 2 is 1.36 bits per heavy atom. The Kier molecular flexibility index (Phi) is 20.4. The molecule has 2 N–H and O–H groups in total. The zero-order chi connectivity index (χ0) is 34.5. The average molecular weight is 702 g/mol. The Labute approximate surface area is 281 Å². The summed E-state index contributed by atoms with van der Waals surface area (Å²) in [6, 6.07) is 8.19. The second-order valence-corrected chi connectivity index (χ2v) is 13.5. The van der Waals surface area contributed by atoms with E-state index in [0.717, 1.165) is 11.8 Å². The first-order chi connectivity index (χ1) is 22.8. The SMILES string of the molecule is C=CC1C(C(=O)NCCCCOP(=O)(OCC)OCC)C(C(=O)NCCCCOP(OCC)OCC)C(C=O)N1Cc1ccccc1. The van der Waals surface area contributed by atoms with Crippen LogP contribution in [0.15, 0.2) is 43.0 Å². The largest absolute Gasteiger partial charge is 0.474 e. The summed E-state index contributed by atoms with van der Waals surface area (Å²) in [4.78, 5) is 41.8. The summed E-state index contributed by atoms with van der Waals surface area (Å²) in [5, 5.41) is 5.87. The molecule has 266 valence electrons. The monoisotopic (exact) mass is 701 g/mol. The number of likely N-dealkylation sites (tertiary alicyclic amines) is 1. The van der Waals surface area contributed by atoms with Crippen molar-refractivity contribution < 1.29 is 46.1 Å². The van der Waals surface area contributed by atoms with Gasteiger partial charge in [-0.25, -0.2) is 4.57 Å². The van der Waals surface area contributed by atoms with Gasteiger partial charge in [0.2, 0.25) is 11.8 Å². The maximum Gasteiger partial charge on any atom is 0.474 e. The normalized spacial score (nSPS) is 19.9. The lowest BCUT2D eigenvalue weighted by molar-refractivity contribution is -0.135. The average Bonchev–Trinajstić information content (AvgIpc) is 3.38. The van der Waals surface area contributed by atoms with Crippen LogP contribution < -0.4 is 10.6 Å². The molecule has 15 heteroatoms. The van der Waals surface area contributed by atoms with Gasteiger partial charge < -0.3 is 29.0 Å². The van der Waals surface area contributed by atoms with Crippen LogP contribution in [-0.2, 0) is 52.6 Å². The van der Waals surface area contributed by atoms with Gasteiger partial charge in [-0.1, -0.05) is 36.4 Å². The minimum Gasteiger partial charge on any atom is -0.356 e. The molecule has 1 aliphatic heterocycles. The molecule has 4 unspecified atom stereocenters. The van der Waals surface area contributed by atoms with Gasteiger partial charge >= 0.3 is 16.4 Å². The molecular formula is C32H53N3O10P2. The van der Waals surface area contributed by atoms with Gasteiger partial charge in [0.05, 0.1) is 57.5 Å². The van der Waals surface area contributed by atoms with Crippen molar-refractivity contribution in [3.05, 3.63) is 48.6 Å². The summed E-state index contributed by atoms with van der Waals surface area (Å²) in [6.07, 6.45) is 4.68. The number of phosphoric ester groups is 1. The molecule has 0 spiro atoms. The Morgan fingerprint density at radius 3 is 1.87 bits per heavy atom. The molecule has 1 aromatic carbocycles. The van der Waals surface area contributed by atoms with Crippen molar-refractivity contribution in [2.75, 3.05) is 52.7 Å². The summed E-state index contributed by atoms with van der Waals surface area (Å²) in [5.41, 5.74) is 0.946.